The molecule has 11 heteroatoms. The number of carbonyl (C=O) groups is 2. The van der Waals surface area contributed by atoms with Crippen LogP contribution in [-0.2, 0) is 27.5 Å². The van der Waals surface area contributed by atoms with Crippen LogP contribution in [0.4, 0.5) is 26.3 Å². The Kier molecular flexibility index (Phi) is 8.51. The third kappa shape index (κ3) is 6.71. The van der Waals surface area contributed by atoms with Gasteiger partial charge in [0.05, 0.1) is 28.0 Å². The van der Waals surface area contributed by atoms with Crippen LogP contribution in [0.15, 0.2) is 48.5 Å². The van der Waals surface area contributed by atoms with Crippen LogP contribution in [0.1, 0.15) is 80.5 Å². The summed E-state index contributed by atoms with van der Waals surface area (Å²) in [6.45, 7) is 4.24. The van der Waals surface area contributed by atoms with Crippen LogP contribution in [0.5, 0.6) is 0 Å². The van der Waals surface area contributed by atoms with E-state index in [-0.39, 0.29) is 17.7 Å². The van der Waals surface area contributed by atoms with Gasteiger partial charge in [0.15, 0.2) is 0 Å². The number of halogens is 6. The normalized spacial score (nSPS) is 26.8. The molecule has 2 atom stereocenters. The van der Waals surface area contributed by atoms with Gasteiger partial charge in [0.2, 0.25) is 5.91 Å². The summed E-state index contributed by atoms with van der Waals surface area (Å²) < 4.78 is 80.6. The van der Waals surface area contributed by atoms with E-state index in [2.05, 4.69) is 10.2 Å². The molecular weight excluding hydrogens is 550 g/mol. The number of rotatable bonds is 6. The third-order valence-electron chi connectivity index (χ3n) is 8.76. The van der Waals surface area contributed by atoms with Gasteiger partial charge >= 0.3 is 18.3 Å². The van der Waals surface area contributed by atoms with Crippen LogP contribution >= 0.6 is 0 Å². The van der Waals surface area contributed by atoms with Gasteiger partial charge < -0.3 is 10.4 Å². The number of piperidine rings is 1. The first-order chi connectivity index (χ1) is 19.0. The number of nitrogens with one attached hydrogen (secondary N) is 1. The van der Waals surface area contributed by atoms with Crippen molar-refractivity contribution in [2.45, 2.75) is 82.2 Å². The highest BCUT2D eigenvalue weighted by Gasteiger charge is 2.44. The van der Waals surface area contributed by atoms with Gasteiger partial charge in [0.25, 0.3) is 0 Å². The monoisotopic (exact) mass is 584 g/mol. The average molecular weight is 585 g/mol. The highest BCUT2D eigenvalue weighted by atomic mass is 19.4. The predicted octanol–water partition coefficient (Wildman–Crippen LogP) is 6.97. The summed E-state index contributed by atoms with van der Waals surface area (Å²) in [5.74, 6) is -2.78. The van der Waals surface area contributed by atoms with Crippen LogP contribution < -0.4 is 5.32 Å². The number of hydrogen-bond donors (Lipinski definition) is 2. The van der Waals surface area contributed by atoms with E-state index in [1.54, 1.807) is 6.92 Å². The van der Waals surface area contributed by atoms with Gasteiger partial charge in [0.1, 0.15) is 0 Å². The minimum absolute atomic E-state index is 0.0524. The van der Waals surface area contributed by atoms with Crippen molar-refractivity contribution in [2.24, 2.45) is 5.41 Å². The lowest BCUT2D eigenvalue weighted by molar-refractivity contribution is -0.152. The number of hydrogen-bond acceptors (Lipinski definition) is 3. The molecule has 0 aromatic heterocycles. The topological polar surface area (TPSA) is 69.6 Å². The summed E-state index contributed by atoms with van der Waals surface area (Å²) in [6, 6.07) is 10.5. The molecule has 41 heavy (non-hydrogen) atoms. The molecule has 1 unspecified atom stereocenters. The first kappa shape index (κ1) is 30.9. The Labute approximate surface area is 234 Å². The lowest BCUT2D eigenvalue weighted by Crippen LogP contribution is -2.55. The minimum Gasteiger partial charge on any atom is -0.481 e. The molecule has 2 aromatic rings. The molecule has 0 bridgehead atoms. The van der Waals surface area contributed by atoms with Crippen LogP contribution in [-0.4, -0.2) is 41.0 Å². The van der Waals surface area contributed by atoms with Gasteiger partial charge in [0, 0.05) is 12.6 Å². The molecule has 1 heterocycles. The summed E-state index contributed by atoms with van der Waals surface area (Å²) in [6.07, 6.45) is -6.43. The van der Waals surface area contributed by atoms with Gasteiger partial charge in [-0.2, -0.15) is 26.3 Å². The van der Waals surface area contributed by atoms with Crippen molar-refractivity contribution in [3.05, 3.63) is 70.8 Å². The molecule has 0 radical (unpaired) electrons. The summed E-state index contributed by atoms with van der Waals surface area (Å²) in [5, 5.41) is 12.7. The molecular formula is C30H34F6N2O3. The summed E-state index contributed by atoms with van der Waals surface area (Å²) in [7, 11) is 0. The van der Waals surface area contributed by atoms with E-state index >= 15 is 0 Å². The highest BCUT2D eigenvalue weighted by Crippen LogP contribution is 2.42. The summed E-state index contributed by atoms with van der Waals surface area (Å²) >= 11 is 0. The van der Waals surface area contributed by atoms with E-state index in [0.29, 0.717) is 50.8 Å². The number of likely N-dealkylation sites (tertiary alicyclic amines) is 1. The van der Waals surface area contributed by atoms with Gasteiger partial charge in [-0.05, 0) is 88.2 Å². The zero-order valence-corrected chi connectivity index (χ0v) is 22.9. The van der Waals surface area contributed by atoms with Crippen molar-refractivity contribution in [3.8, 4) is 0 Å². The third-order valence-corrected chi connectivity index (χ3v) is 8.76. The molecule has 1 amide bonds. The molecule has 224 valence electrons. The molecule has 0 spiro atoms. The van der Waals surface area contributed by atoms with E-state index in [1.165, 1.54) is 6.92 Å². The minimum atomic E-state index is -5.01. The number of carbonyl (C=O) groups excluding carboxylic acids is 1. The molecule has 2 fully saturated rings. The number of carboxylic acids is 1. The Morgan fingerprint density at radius 1 is 0.951 bits per heavy atom. The Hall–Kier alpha value is -3.08. The first-order valence-electron chi connectivity index (χ1n) is 13.7. The number of carboxylic acid groups (broad SMARTS) is 1. The number of amides is 1. The van der Waals surface area contributed by atoms with E-state index in [1.807, 2.05) is 30.3 Å². The maximum absolute atomic E-state index is 13.5. The Morgan fingerprint density at radius 3 is 2.02 bits per heavy atom. The van der Waals surface area contributed by atoms with E-state index in [4.69, 9.17) is 0 Å². The van der Waals surface area contributed by atoms with Crippen LogP contribution in [0.2, 0.25) is 0 Å². The van der Waals surface area contributed by atoms with E-state index < -0.39 is 52.2 Å². The fourth-order valence-electron chi connectivity index (χ4n) is 6.19. The van der Waals surface area contributed by atoms with Gasteiger partial charge in [-0.15, -0.1) is 0 Å². The predicted molar refractivity (Wildman–Crippen MR) is 140 cm³/mol. The Morgan fingerprint density at radius 2 is 1.51 bits per heavy atom. The maximum Gasteiger partial charge on any atom is 0.416 e. The molecule has 4 rings (SSSR count). The Bertz CT molecular complexity index is 1220. The van der Waals surface area contributed by atoms with Crippen molar-refractivity contribution >= 4 is 11.9 Å². The van der Waals surface area contributed by atoms with Gasteiger partial charge in [-0.3, -0.25) is 14.5 Å². The van der Waals surface area contributed by atoms with Crippen molar-refractivity contribution in [1.29, 1.82) is 0 Å². The SMILES string of the molecule is CC(C(=O)NC1(c2ccccc2)CCC(N2CCC[C@@](C)(C(=O)O)C2)CC1)c1cc(C(F)(F)F)cc(C(F)(F)F)c1. The second-order valence-corrected chi connectivity index (χ2v) is 11.7. The molecule has 1 saturated carbocycles. The molecule has 1 aliphatic heterocycles. The number of nitrogens with zero attached hydrogens (tertiary/aromatic N) is 1. The average Bonchev–Trinajstić information content (AvgIpc) is 2.92. The molecule has 1 saturated heterocycles. The van der Waals surface area contributed by atoms with Crippen LogP contribution in [0, 0.1) is 5.41 Å². The zero-order valence-electron chi connectivity index (χ0n) is 22.9. The molecule has 2 N–H and O–H groups in total. The van der Waals surface area contributed by atoms with E-state index in [9.17, 15) is 41.0 Å². The standard InChI is InChI=1S/C30H34F6N2O3/c1-19(20-15-22(29(31,32)33)17-23(16-20)30(34,35)36)25(39)37-28(21-7-4-3-5-8-21)12-9-24(10-13-28)38-14-6-11-27(2,18-38)26(40)41/h3-5,7-8,15-17,19,24H,6,9-14,18H2,1-2H3,(H,37,39)(H,40,41)/t19?,24?,27-,28?/m1/s1. The quantitative estimate of drug-likeness (QED) is 0.360. The van der Waals surface area contributed by atoms with Crippen molar-refractivity contribution in [3.63, 3.8) is 0 Å². The maximum atomic E-state index is 13.5. The van der Waals surface area contributed by atoms with Crippen molar-refractivity contribution in [1.82, 2.24) is 10.2 Å². The fourth-order valence-corrected chi connectivity index (χ4v) is 6.19. The summed E-state index contributed by atoms with van der Waals surface area (Å²) in [4.78, 5) is 27.5. The van der Waals surface area contributed by atoms with E-state index in [0.717, 1.165) is 18.5 Å². The van der Waals surface area contributed by atoms with Gasteiger partial charge in [-0.25, -0.2) is 0 Å². The zero-order chi connectivity index (χ0) is 30.2. The largest absolute Gasteiger partial charge is 0.481 e. The lowest BCUT2D eigenvalue weighted by Gasteiger charge is -2.47. The first-order valence-corrected chi connectivity index (χ1v) is 13.7. The van der Waals surface area contributed by atoms with Gasteiger partial charge in [-0.1, -0.05) is 30.3 Å². The molecule has 2 aliphatic rings. The second-order valence-electron chi connectivity index (χ2n) is 11.7. The highest BCUT2D eigenvalue weighted by molar-refractivity contribution is 5.84. The number of alkyl halides is 6. The molecule has 1 aliphatic carbocycles. The number of benzene rings is 2. The smallest absolute Gasteiger partial charge is 0.416 e. The summed E-state index contributed by atoms with van der Waals surface area (Å²) in [5.41, 5.74) is -4.21. The van der Waals surface area contributed by atoms with Crippen molar-refractivity contribution < 1.29 is 41.0 Å². The second kappa shape index (κ2) is 11.3. The molecule has 2 aromatic carbocycles. The number of aliphatic carboxylic acids is 1. The lowest BCUT2D eigenvalue weighted by atomic mass is 9.73. The molecule has 5 nitrogen and oxygen atoms in total. The van der Waals surface area contributed by atoms with Crippen LogP contribution in [0.3, 0.4) is 0 Å². The van der Waals surface area contributed by atoms with Crippen molar-refractivity contribution in [2.75, 3.05) is 13.1 Å². The Balaban J connectivity index is 1.58. The van der Waals surface area contributed by atoms with Crippen LogP contribution in [0.25, 0.3) is 0 Å². The fraction of sp³-hybridized carbons (Fsp3) is 0.533.